The Bertz CT molecular complexity index is 1910. The number of aromatic nitrogens is 1. The number of hydrogen-bond acceptors (Lipinski definition) is 10. The van der Waals surface area contributed by atoms with Gasteiger partial charge in [-0.15, -0.1) is 11.3 Å². The van der Waals surface area contributed by atoms with Crippen LogP contribution in [0.4, 0.5) is 38.1 Å². The molecule has 290 valence electrons. The van der Waals surface area contributed by atoms with E-state index >= 15 is 4.39 Å². The molecule has 0 bridgehead atoms. The van der Waals surface area contributed by atoms with E-state index in [4.69, 9.17) is 29.7 Å². The van der Waals surface area contributed by atoms with E-state index in [1.54, 1.807) is 12.3 Å². The van der Waals surface area contributed by atoms with Crippen LogP contribution in [0.15, 0.2) is 71.4 Å². The van der Waals surface area contributed by atoms with Crippen molar-refractivity contribution in [2.24, 2.45) is 10.7 Å². The van der Waals surface area contributed by atoms with E-state index in [0.717, 1.165) is 35.9 Å². The molecule has 0 saturated heterocycles. The Balaban J connectivity index is 1.05. The molecule has 1 unspecified atom stereocenters. The molecule has 0 radical (unpaired) electrons. The number of pyridine rings is 1. The number of carbonyl (C=O) groups excluding carboxylic acids is 1. The van der Waals surface area contributed by atoms with Crippen molar-refractivity contribution in [1.82, 2.24) is 10.3 Å². The third kappa shape index (κ3) is 12.3. The van der Waals surface area contributed by atoms with Crippen molar-refractivity contribution in [2.75, 3.05) is 69.9 Å². The molecule has 0 spiro atoms. The number of nitrogens with two attached hydrogens (primary N) is 1. The lowest BCUT2D eigenvalue weighted by Crippen LogP contribution is -2.21. The second kappa shape index (κ2) is 20.2. The summed E-state index contributed by atoms with van der Waals surface area (Å²) in [5, 5.41) is 7.70. The van der Waals surface area contributed by atoms with Crippen LogP contribution in [0.25, 0.3) is 10.2 Å². The molecule has 3 heterocycles. The summed E-state index contributed by atoms with van der Waals surface area (Å²) in [7, 11) is 0. The first-order chi connectivity index (χ1) is 26.1. The van der Waals surface area contributed by atoms with Gasteiger partial charge >= 0.3 is 12.2 Å². The molecule has 0 fully saturated rings. The monoisotopic (exact) mass is 776 g/mol. The van der Waals surface area contributed by atoms with E-state index in [0.29, 0.717) is 93.3 Å². The summed E-state index contributed by atoms with van der Waals surface area (Å²) in [5.41, 5.74) is 5.31. The number of nitrogens with zero attached hydrogens (tertiary/aromatic N) is 2. The smallest absolute Gasteiger partial charge is 0.416 e. The fourth-order valence-electron chi connectivity index (χ4n) is 5.17. The highest BCUT2D eigenvalue weighted by Crippen LogP contribution is 2.40. The van der Waals surface area contributed by atoms with Crippen LogP contribution in [-0.2, 0) is 20.4 Å². The van der Waals surface area contributed by atoms with Gasteiger partial charge in [-0.1, -0.05) is 6.08 Å². The number of benzene rings is 2. The number of amides is 2. The summed E-state index contributed by atoms with van der Waals surface area (Å²) >= 11 is 1.44. The van der Waals surface area contributed by atoms with Crippen molar-refractivity contribution >= 4 is 45.2 Å². The molecule has 0 aliphatic carbocycles. The lowest BCUT2D eigenvalue weighted by Gasteiger charge is -2.15. The predicted octanol–water partition coefficient (Wildman–Crippen LogP) is 7.85. The van der Waals surface area contributed by atoms with Crippen LogP contribution >= 0.6 is 11.3 Å². The van der Waals surface area contributed by atoms with Gasteiger partial charge in [-0.25, -0.2) is 13.6 Å². The molecule has 1 aliphatic rings. The minimum Gasteiger partial charge on any atom is -0.453 e. The zero-order chi connectivity index (χ0) is 38.3. The van der Waals surface area contributed by atoms with Crippen LogP contribution in [-0.4, -0.2) is 76.5 Å². The van der Waals surface area contributed by atoms with Crippen molar-refractivity contribution in [3.63, 3.8) is 0 Å². The molecule has 1 aliphatic heterocycles. The molecule has 5 N–H and O–H groups in total. The van der Waals surface area contributed by atoms with Gasteiger partial charge in [0.15, 0.2) is 11.6 Å². The number of alkyl halides is 3. The number of carbonyl (C=O) groups is 1. The molecule has 54 heavy (non-hydrogen) atoms. The normalized spacial score (nSPS) is 14.3. The number of thiophene rings is 1. The minimum atomic E-state index is -4.73. The van der Waals surface area contributed by atoms with Gasteiger partial charge in [-0.2, -0.15) is 13.2 Å². The van der Waals surface area contributed by atoms with Crippen LogP contribution in [0, 0.1) is 11.6 Å². The summed E-state index contributed by atoms with van der Waals surface area (Å²) in [6.07, 6.45) is 3.25. The predicted molar refractivity (Wildman–Crippen MR) is 198 cm³/mol. The largest absolute Gasteiger partial charge is 0.453 e. The second-order valence-electron chi connectivity index (χ2n) is 12.0. The Labute approximate surface area is 312 Å². The number of anilines is 2. The molecule has 2 amide bonds. The van der Waals surface area contributed by atoms with Gasteiger partial charge in [0.25, 0.3) is 0 Å². The Morgan fingerprint density at radius 3 is 2.35 bits per heavy atom. The van der Waals surface area contributed by atoms with Crippen LogP contribution in [0.5, 0.6) is 11.5 Å². The standard InChI is InChI=1S/C37H41F5N6O5S/c38-27-6-4-25(37(40,41)42)19-30(27)48-36(49)47-26-5-8-32(28(39)20-26)53-33-9-12-45-31-21-34(54-35(31)33)29-7-3-24(23-46-29)22-44-11-2-14-51-16-18-52-17-15-50-13-1-10-43/h3-6,8-9,12,19-21,23,29,44H,1-2,7,10-11,13-18,22,43H2,(H2,47,48,49). The van der Waals surface area contributed by atoms with Crippen molar-refractivity contribution in [2.45, 2.75) is 31.5 Å². The van der Waals surface area contributed by atoms with E-state index in [1.807, 2.05) is 17.6 Å². The van der Waals surface area contributed by atoms with Gasteiger partial charge in [0.1, 0.15) is 11.6 Å². The van der Waals surface area contributed by atoms with Crippen molar-refractivity contribution in [1.29, 1.82) is 0 Å². The highest BCUT2D eigenvalue weighted by Gasteiger charge is 2.31. The third-order valence-corrected chi connectivity index (χ3v) is 9.15. The average Bonchev–Trinajstić information content (AvgIpc) is 3.59. The van der Waals surface area contributed by atoms with Gasteiger partial charge in [0, 0.05) is 54.9 Å². The molecule has 2 aromatic carbocycles. The van der Waals surface area contributed by atoms with Gasteiger partial charge in [0.2, 0.25) is 0 Å². The summed E-state index contributed by atoms with van der Waals surface area (Å²) in [5.74, 6) is -1.66. The number of ether oxygens (including phenoxy) is 4. The summed E-state index contributed by atoms with van der Waals surface area (Å²) in [6.45, 7) is 5.57. The summed E-state index contributed by atoms with van der Waals surface area (Å²) in [4.78, 5) is 22.5. The number of dihydropyridines is 1. The lowest BCUT2D eigenvalue weighted by molar-refractivity contribution is -0.137. The molecule has 5 rings (SSSR count). The molecular weight excluding hydrogens is 736 g/mol. The highest BCUT2D eigenvalue weighted by molar-refractivity contribution is 7.19. The zero-order valence-electron chi connectivity index (χ0n) is 29.2. The zero-order valence-corrected chi connectivity index (χ0v) is 30.0. The molecule has 0 saturated carbocycles. The first kappa shape index (κ1) is 40.7. The number of rotatable bonds is 20. The van der Waals surface area contributed by atoms with E-state index in [2.05, 4.69) is 21.7 Å². The van der Waals surface area contributed by atoms with Crippen molar-refractivity contribution < 1.29 is 45.7 Å². The SMILES string of the molecule is NCCCOCCOCCOCCCNCC1=CCC(c2cc3nccc(Oc4ccc(NC(=O)Nc5cc(C(F)(F)F)ccc5F)cc4F)c3s2)N=C1. The first-order valence-electron chi connectivity index (χ1n) is 17.3. The molecule has 2 aromatic heterocycles. The van der Waals surface area contributed by atoms with E-state index in [1.165, 1.54) is 23.5 Å². The van der Waals surface area contributed by atoms with Gasteiger partial charge < -0.3 is 40.6 Å². The molecule has 4 aromatic rings. The number of nitrogens with one attached hydrogen (secondary N) is 3. The van der Waals surface area contributed by atoms with E-state index < -0.39 is 35.1 Å². The quantitative estimate of drug-likeness (QED) is 0.0526. The third-order valence-electron chi connectivity index (χ3n) is 7.91. The number of halogens is 5. The van der Waals surface area contributed by atoms with E-state index in [9.17, 15) is 22.4 Å². The van der Waals surface area contributed by atoms with Crippen LogP contribution < -0.4 is 26.4 Å². The lowest BCUT2D eigenvalue weighted by atomic mass is 10.1. The Morgan fingerprint density at radius 2 is 1.65 bits per heavy atom. The fraction of sp³-hybridized carbons (Fsp3) is 0.378. The summed E-state index contributed by atoms with van der Waals surface area (Å²) < 4.78 is 91.2. The maximum absolute atomic E-state index is 15.1. The van der Waals surface area contributed by atoms with Crippen LogP contribution in [0.2, 0.25) is 0 Å². The minimum absolute atomic E-state index is 0.0383. The number of urea groups is 1. The van der Waals surface area contributed by atoms with E-state index in [-0.39, 0.29) is 17.5 Å². The number of hydrogen-bond donors (Lipinski definition) is 4. The fourth-order valence-corrected chi connectivity index (χ4v) is 6.29. The van der Waals surface area contributed by atoms with Gasteiger partial charge in [-0.3, -0.25) is 9.98 Å². The first-order valence-corrected chi connectivity index (χ1v) is 18.1. The van der Waals surface area contributed by atoms with Crippen molar-refractivity contribution in [3.05, 3.63) is 88.5 Å². The van der Waals surface area contributed by atoms with Crippen LogP contribution in [0.1, 0.15) is 35.7 Å². The maximum atomic E-state index is 15.1. The Kier molecular flexibility index (Phi) is 15.2. The topological polar surface area (TPSA) is 141 Å². The molecule has 1 atom stereocenters. The molecule has 11 nitrogen and oxygen atoms in total. The molecule has 17 heteroatoms. The second-order valence-corrected chi connectivity index (χ2v) is 13.1. The number of aliphatic imine (C=N–C) groups is 1. The molecular formula is C37H41F5N6O5S. The van der Waals surface area contributed by atoms with Gasteiger partial charge in [0.05, 0.1) is 53.9 Å². The number of fused-ring (bicyclic) bond motifs is 1. The average molecular weight is 777 g/mol. The van der Waals surface area contributed by atoms with Crippen molar-refractivity contribution in [3.8, 4) is 11.5 Å². The van der Waals surface area contributed by atoms with Gasteiger partial charge in [-0.05, 0) is 74.3 Å². The highest BCUT2D eigenvalue weighted by atomic mass is 32.1. The Morgan fingerprint density at radius 1 is 0.889 bits per heavy atom. The maximum Gasteiger partial charge on any atom is 0.416 e. The summed E-state index contributed by atoms with van der Waals surface area (Å²) in [6, 6.07) is 7.59. The van der Waals surface area contributed by atoms with Crippen LogP contribution in [0.3, 0.4) is 0 Å². The Hall–Kier alpha value is -4.52.